The van der Waals surface area contributed by atoms with Gasteiger partial charge in [0.1, 0.15) is 11.6 Å². The summed E-state index contributed by atoms with van der Waals surface area (Å²) in [5, 5.41) is 4.11. The van der Waals surface area contributed by atoms with Crippen molar-refractivity contribution in [3.63, 3.8) is 0 Å². The van der Waals surface area contributed by atoms with E-state index in [1.54, 1.807) is 36.0 Å². The van der Waals surface area contributed by atoms with E-state index in [-0.39, 0.29) is 6.54 Å². The molecule has 2 nitrogen and oxygen atoms in total. The number of fused-ring (bicyclic) bond motifs is 1. The van der Waals surface area contributed by atoms with Gasteiger partial charge in [0.15, 0.2) is 0 Å². The SMILES string of the molecule is C=C(F)CNc1cc(F)c2c(c1)c(C#Cc1ccc(Cl)cc1)cn2C. The van der Waals surface area contributed by atoms with Crippen molar-refractivity contribution in [1.82, 2.24) is 4.57 Å². The third-order valence-corrected chi connectivity index (χ3v) is 3.95. The standard InChI is InChI=1S/C20H15ClF2N2/c1-13(22)11-24-17-9-18-15(12-25(2)20(18)19(23)10-17)6-3-14-4-7-16(21)8-5-14/h4-5,7-10,12,24H,1,11H2,2H3. The Morgan fingerprint density at radius 3 is 2.64 bits per heavy atom. The molecule has 3 rings (SSSR count). The van der Waals surface area contributed by atoms with Crippen LogP contribution in [0.3, 0.4) is 0 Å². The molecule has 0 amide bonds. The Kier molecular flexibility index (Phi) is 4.78. The number of nitrogens with one attached hydrogen (secondary N) is 1. The number of rotatable bonds is 3. The smallest absolute Gasteiger partial charge is 0.149 e. The molecular weight excluding hydrogens is 342 g/mol. The van der Waals surface area contributed by atoms with Crippen molar-refractivity contribution in [3.8, 4) is 11.8 Å². The van der Waals surface area contributed by atoms with Crippen molar-refractivity contribution >= 4 is 28.2 Å². The number of halogens is 3. The van der Waals surface area contributed by atoms with E-state index in [2.05, 4.69) is 23.7 Å². The Balaban J connectivity index is 2.03. The minimum absolute atomic E-state index is 0.0659. The monoisotopic (exact) mass is 356 g/mol. The molecule has 2 aromatic carbocycles. The molecule has 25 heavy (non-hydrogen) atoms. The fourth-order valence-electron chi connectivity index (χ4n) is 2.56. The maximum absolute atomic E-state index is 14.4. The molecule has 126 valence electrons. The predicted octanol–water partition coefficient (Wildman–Crippen LogP) is 5.27. The molecule has 0 unspecified atom stereocenters. The molecule has 0 aliphatic rings. The minimum Gasteiger partial charge on any atom is -0.379 e. The number of benzene rings is 2. The lowest BCUT2D eigenvalue weighted by Crippen LogP contribution is -2.02. The lowest BCUT2D eigenvalue weighted by Gasteiger charge is -2.06. The first kappa shape index (κ1) is 17.1. The third-order valence-electron chi connectivity index (χ3n) is 3.70. The molecule has 0 aliphatic heterocycles. The molecule has 0 atom stereocenters. The molecule has 0 fully saturated rings. The Bertz CT molecular complexity index is 1010. The largest absolute Gasteiger partial charge is 0.379 e. The molecule has 1 aromatic heterocycles. The average Bonchev–Trinajstić information content (AvgIpc) is 2.89. The van der Waals surface area contributed by atoms with Gasteiger partial charge < -0.3 is 9.88 Å². The second-order valence-electron chi connectivity index (χ2n) is 5.64. The van der Waals surface area contributed by atoms with Crippen LogP contribution in [-0.4, -0.2) is 11.1 Å². The molecular formula is C20H15ClF2N2. The highest BCUT2D eigenvalue weighted by molar-refractivity contribution is 6.30. The number of aryl methyl sites for hydroxylation is 1. The maximum Gasteiger partial charge on any atom is 0.149 e. The fourth-order valence-corrected chi connectivity index (χ4v) is 2.69. The molecule has 0 aliphatic carbocycles. The zero-order chi connectivity index (χ0) is 18.0. The summed E-state index contributed by atoms with van der Waals surface area (Å²) in [7, 11) is 1.76. The number of anilines is 1. The Morgan fingerprint density at radius 2 is 1.96 bits per heavy atom. The maximum atomic E-state index is 14.4. The van der Waals surface area contributed by atoms with Crippen molar-refractivity contribution in [2.75, 3.05) is 11.9 Å². The van der Waals surface area contributed by atoms with E-state index < -0.39 is 11.6 Å². The zero-order valence-electron chi connectivity index (χ0n) is 13.5. The van der Waals surface area contributed by atoms with Crippen LogP contribution < -0.4 is 5.32 Å². The highest BCUT2D eigenvalue weighted by Gasteiger charge is 2.11. The lowest BCUT2D eigenvalue weighted by atomic mass is 10.1. The summed E-state index contributed by atoms with van der Waals surface area (Å²) in [5.74, 6) is 5.19. The van der Waals surface area contributed by atoms with Crippen LogP contribution >= 0.6 is 11.6 Å². The lowest BCUT2D eigenvalue weighted by molar-refractivity contribution is 0.627. The van der Waals surface area contributed by atoms with Gasteiger partial charge in [0.05, 0.1) is 17.6 Å². The van der Waals surface area contributed by atoms with Gasteiger partial charge in [-0.25, -0.2) is 8.78 Å². The summed E-state index contributed by atoms with van der Waals surface area (Å²) in [6, 6.07) is 10.3. The number of nitrogens with zero attached hydrogens (tertiary/aromatic N) is 1. The average molecular weight is 357 g/mol. The van der Waals surface area contributed by atoms with Crippen molar-refractivity contribution in [2.24, 2.45) is 7.05 Å². The summed E-state index contributed by atoms with van der Waals surface area (Å²) in [6.45, 7) is 3.12. The van der Waals surface area contributed by atoms with Crippen molar-refractivity contribution in [3.05, 3.63) is 77.0 Å². The molecule has 5 heteroatoms. The number of hydrogen-bond acceptors (Lipinski definition) is 1. The van der Waals surface area contributed by atoms with Crippen LogP contribution in [0.15, 0.2) is 55.0 Å². The van der Waals surface area contributed by atoms with Gasteiger partial charge in [-0.3, -0.25) is 0 Å². The van der Waals surface area contributed by atoms with E-state index in [4.69, 9.17) is 11.6 Å². The molecule has 0 radical (unpaired) electrons. The molecule has 0 spiro atoms. The van der Waals surface area contributed by atoms with Crippen LogP contribution in [0.1, 0.15) is 11.1 Å². The van der Waals surface area contributed by atoms with E-state index in [0.29, 0.717) is 27.2 Å². The van der Waals surface area contributed by atoms with Crippen LogP contribution in [0.2, 0.25) is 5.02 Å². The second kappa shape index (κ2) is 7.00. The van der Waals surface area contributed by atoms with E-state index in [1.807, 2.05) is 12.1 Å². The van der Waals surface area contributed by atoms with E-state index in [9.17, 15) is 8.78 Å². The van der Waals surface area contributed by atoms with Gasteiger partial charge in [-0.2, -0.15) is 0 Å². The zero-order valence-corrected chi connectivity index (χ0v) is 14.3. The number of aromatic nitrogens is 1. The number of hydrogen-bond donors (Lipinski definition) is 1. The second-order valence-corrected chi connectivity index (χ2v) is 6.07. The quantitative estimate of drug-likeness (QED) is 0.633. The van der Waals surface area contributed by atoms with Gasteiger partial charge >= 0.3 is 0 Å². The van der Waals surface area contributed by atoms with Gasteiger partial charge in [0.25, 0.3) is 0 Å². The summed E-state index contributed by atoms with van der Waals surface area (Å²) in [6.07, 6.45) is 1.77. The van der Waals surface area contributed by atoms with Crippen LogP contribution in [0.25, 0.3) is 10.9 Å². The first-order valence-electron chi connectivity index (χ1n) is 7.57. The normalized spacial score (nSPS) is 10.4. The summed E-state index contributed by atoms with van der Waals surface area (Å²) >= 11 is 5.86. The Labute approximate surface area is 149 Å². The minimum atomic E-state index is -0.517. The molecule has 0 saturated carbocycles. The summed E-state index contributed by atoms with van der Waals surface area (Å²) in [5.41, 5.74) is 2.42. The highest BCUT2D eigenvalue weighted by Crippen LogP contribution is 2.27. The van der Waals surface area contributed by atoms with Crippen molar-refractivity contribution in [2.45, 2.75) is 0 Å². The fraction of sp³-hybridized carbons (Fsp3) is 0.100. The molecule has 0 bridgehead atoms. The first-order valence-corrected chi connectivity index (χ1v) is 7.95. The van der Waals surface area contributed by atoms with Crippen molar-refractivity contribution in [1.29, 1.82) is 0 Å². The van der Waals surface area contributed by atoms with Gasteiger partial charge in [0.2, 0.25) is 0 Å². The Hall–Kier alpha value is -2.77. The molecule has 3 aromatic rings. The van der Waals surface area contributed by atoms with Crippen LogP contribution in [-0.2, 0) is 7.05 Å². The molecule has 0 saturated heterocycles. The Morgan fingerprint density at radius 1 is 1.24 bits per heavy atom. The predicted molar refractivity (Wildman–Crippen MR) is 99.0 cm³/mol. The van der Waals surface area contributed by atoms with Crippen LogP contribution in [0, 0.1) is 17.7 Å². The van der Waals surface area contributed by atoms with Crippen LogP contribution in [0.4, 0.5) is 14.5 Å². The third kappa shape index (κ3) is 3.84. The van der Waals surface area contributed by atoms with Gasteiger partial charge in [-0.1, -0.05) is 30.0 Å². The molecule has 1 N–H and O–H groups in total. The van der Waals surface area contributed by atoms with E-state index >= 15 is 0 Å². The van der Waals surface area contributed by atoms with Crippen molar-refractivity contribution < 1.29 is 8.78 Å². The van der Waals surface area contributed by atoms with E-state index in [1.165, 1.54) is 6.07 Å². The van der Waals surface area contributed by atoms with E-state index in [0.717, 1.165) is 5.56 Å². The summed E-state index contributed by atoms with van der Waals surface area (Å²) < 4.78 is 28.9. The van der Waals surface area contributed by atoms with Crippen LogP contribution in [0.5, 0.6) is 0 Å². The first-order chi connectivity index (χ1) is 11.9. The topological polar surface area (TPSA) is 17.0 Å². The molecule has 1 heterocycles. The summed E-state index contributed by atoms with van der Waals surface area (Å²) in [4.78, 5) is 0. The van der Waals surface area contributed by atoms with Gasteiger partial charge in [0, 0.05) is 34.9 Å². The van der Waals surface area contributed by atoms with Gasteiger partial charge in [-0.05, 0) is 36.4 Å². The van der Waals surface area contributed by atoms with Gasteiger partial charge in [-0.15, -0.1) is 0 Å². The highest BCUT2D eigenvalue weighted by atomic mass is 35.5.